The van der Waals surface area contributed by atoms with Crippen molar-refractivity contribution in [3.05, 3.63) is 29.8 Å². The van der Waals surface area contributed by atoms with Gasteiger partial charge in [0.05, 0.1) is 13.2 Å². The van der Waals surface area contributed by atoms with Gasteiger partial charge in [0, 0.05) is 19.2 Å². The molecule has 0 bridgehead atoms. The third-order valence-corrected chi connectivity index (χ3v) is 3.48. The van der Waals surface area contributed by atoms with Gasteiger partial charge >= 0.3 is 0 Å². The molecular weight excluding hydrogens is 268 g/mol. The monoisotopic (exact) mass is 290 g/mol. The maximum Gasteiger partial charge on any atom is 0.251 e. The minimum absolute atomic E-state index is 0.0370. The van der Waals surface area contributed by atoms with Crippen molar-refractivity contribution in [1.29, 1.82) is 0 Å². The van der Waals surface area contributed by atoms with Crippen LogP contribution in [0.1, 0.15) is 30.1 Å². The molecule has 2 amide bonds. The van der Waals surface area contributed by atoms with Gasteiger partial charge in [-0.05, 0) is 49.9 Å². The first-order valence-corrected chi connectivity index (χ1v) is 7.35. The van der Waals surface area contributed by atoms with Gasteiger partial charge in [-0.3, -0.25) is 9.59 Å². The molecule has 0 spiro atoms. The van der Waals surface area contributed by atoms with Crippen LogP contribution in [0.25, 0.3) is 0 Å². The molecule has 114 valence electrons. The number of likely N-dealkylation sites (N-methyl/N-ethyl adjacent to an activating group) is 1. The van der Waals surface area contributed by atoms with Crippen molar-refractivity contribution < 1.29 is 14.3 Å². The number of carbonyl (C=O) groups excluding carboxylic acids is 2. The Labute approximate surface area is 125 Å². The molecule has 1 aromatic rings. The summed E-state index contributed by atoms with van der Waals surface area (Å²) in [6.07, 6.45) is 2.41. The molecule has 0 saturated heterocycles. The van der Waals surface area contributed by atoms with Crippen molar-refractivity contribution in [2.24, 2.45) is 5.92 Å². The van der Waals surface area contributed by atoms with Crippen molar-refractivity contribution in [3.8, 4) is 5.75 Å². The number of rotatable bonds is 7. The molecule has 5 heteroatoms. The van der Waals surface area contributed by atoms with Gasteiger partial charge in [-0.2, -0.15) is 0 Å². The minimum atomic E-state index is -0.244. The lowest BCUT2D eigenvalue weighted by Crippen LogP contribution is -2.38. The van der Waals surface area contributed by atoms with Gasteiger partial charge in [-0.15, -0.1) is 0 Å². The fourth-order valence-electron chi connectivity index (χ4n) is 2.05. The Morgan fingerprint density at radius 2 is 1.95 bits per heavy atom. The van der Waals surface area contributed by atoms with Gasteiger partial charge in [-0.1, -0.05) is 0 Å². The molecule has 1 saturated carbocycles. The Bertz CT molecular complexity index is 495. The third-order valence-electron chi connectivity index (χ3n) is 3.48. The molecule has 0 radical (unpaired) electrons. The van der Waals surface area contributed by atoms with Crippen molar-refractivity contribution in [2.45, 2.75) is 19.8 Å². The fourth-order valence-corrected chi connectivity index (χ4v) is 2.05. The quantitative estimate of drug-likeness (QED) is 0.831. The summed E-state index contributed by atoms with van der Waals surface area (Å²) in [5, 5.41) is 2.65. The fraction of sp³-hybridized carbons (Fsp3) is 0.500. The summed E-state index contributed by atoms with van der Waals surface area (Å²) in [6, 6.07) is 6.89. The standard InChI is InChI=1S/C16H22N2O3/c1-3-21-14-8-6-13(7-9-14)16(20)17-10-15(19)18(2)11-12-4-5-12/h6-9,12H,3-5,10-11H2,1-2H3,(H,17,20). The Morgan fingerprint density at radius 1 is 1.29 bits per heavy atom. The first-order valence-electron chi connectivity index (χ1n) is 7.35. The number of hydrogen-bond donors (Lipinski definition) is 1. The predicted octanol–water partition coefficient (Wildman–Crippen LogP) is 1.68. The van der Waals surface area contributed by atoms with Gasteiger partial charge in [-0.25, -0.2) is 0 Å². The zero-order chi connectivity index (χ0) is 15.2. The number of carbonyl (C=O) groups is 2. The van der Waals surface area contributed by atoms with E-state index < -0.39 is 0 Å². The molecule has 0 aliphatic heterocycles. The molecule has 1 aliphatic rings. The van der Waals surface area contributed by atoms with Crippen LogP contribution in [-0.4, -0.2) is 43.5 Å². The second-order valence-electron chi connectivity index (χ2n) is 5.36. The average molecular weight is 290 g/mol. The molecule has 2 rings (SSSR count). The van der Waals surface area contributed by atoms with Crippen LogP contribution in [0.5, 0.6) is 5.75 Å². The lowest BCUT2D eigenvalue weighted by molar-refractivity contribution is -0.129. The summed E-state index contributed by atoms with van der Waals surface area (Å²) in [6.45, 7) is 3.32. The van der Waals surface area contributed by atoms with Crippen LogP contribution in [0.3, 0.4) is 0 Å². The lowest BCUT2D eigenvalue weighted by atomic mass is 10.2. The zero-order valence-corrected chi connectivity index (χ0v) is 12.6. The van der Waals surface area contributed by atoms with Crippen LogP contribution in [0.2, 0.25) is 0 Å². The predicted molar refractivity (Wildman–Crippen MR) is 80.3 cm³/mol. The molecule has 21 heavy (non-hydrogen) atoms. The van der Waals surface area contributed by atoms with Crippen LogP contribution in [0, 0.1) is 5.92 Å². The van der Waals surface area contributed by atoms with Gasteiger partial charge in [0.15, 0.2) is 0 Å². The van der Waals surface area contributed by atoms with Crippen LogP contribution in [0.4, 0.5) is 0 Å². The first kappa shape index (κ1) is 15.4. The Kier molecular flexibility index (Phi) is 5.20. The van der Waals surface area contributed by atoms with Gasteiger partial charge in [0.25, 0.3) is 5.91 Å². The summed E-state index contributed by atoms with van der Waals surface area (Å²) >= 11 is 0. The molecule has 0 aromatic heterocycles. The van der Waals surface area contributed by atoms with Crippen LogP contribution >= 0.6 is 0 Å². The molecule has 1 aromatic carbocycles. The highest BCUT2D eigenvalue weighted by atomic mass is 16.5. The van der Waals surface area contributed by atoms with Crippen molar-refractivity contribution in [1.82, 2.24) is 10.2 Å². The third kappa shape index (κ3) is 4.77. The lowest BCUT2D eigenvalue weighted by Gasteiger charge is -2.17. The van der Waals surface area contributed by atoms with Crippen LogP contribution in [0.15, 0.2) is 24.3 Å². The summed E-state index contributed by atoms with van der Waals surface area (Å²) in [5.74, 6) is 1.09. The van der Waals surface area contributed by atoms with E-state index in [2.05, 4.69) is 5.32 Å². The van der Waals surface area contributed by atoms with E-state index in [1.165, 1.54) is 12.8 Å². The minimum Gasteiger partial charge on any atom is -0.494 e. The Balaban J connectivity index is 1.78. The first-order chi connectivity index (χ1) is 10.1. The smallest absolute Gasteiger partial charge is 0.251 e. The van der Waals surface area contributed by atoms with Gasteiger partial charge < -0.3 is 15.0 Å². The van der Waals surface area contributed by atoms with E-state index in [9.17, 15) is 9.59 Å². The van der Waals surface area contributed by atoms with E-state index >= 15 is 0 Å². The second-order valence-corrected chi connectivity index (χ2v) is 5.36. The van der Waals surface area contributed by atoms with E-state index in [1.54, 1.807) is 36.2 Å². The van der Waals surface area contributed by atoms with E-state index in [0.29, 0.717) is 18.1 Å². The normalized spacial score (nSPS) is 13.6. The molecule has 0 heterocycles. The number of benzene rings is 1. The van der Waals surface area contributed by atoms with Crippen molar-refractivity contribution in [2.75, 3.05) is 26.7 Å². The highest BCUT2D eigenvalue weighted by Gasteiger charge is 2.24. The maximum atomic E-state index is 12.0. The zero-order valence-electron chi connectivity index (χ0n) is 12.6. The molecule has 0 unspecified atom stereocenters. The highest BCUT2D eigenvalue weighted by molar-refractivity contribution is 5.96. The van der Waals surface area contributed by atoms with Gasteiger partial charge in [0.1, 0.15) is 5.75 Å². The Morgan fingerprint density at radius 3 is 2.52 bits per heavy atom. The molecule has 1 aliphatic carbocycles. The van der Waals surface area contributed by atoms with Gasteiger partial charge in [0.2, 0.25) is 5.91 Å². The van der Waals surface area contributed by atoms with Crippen LogP contribution in [-0.2, 0) is 4.79 Å². The molecule has 0 atom stereocenters. The van der Waals surface area contributed by atoms with E-state index in [-0.39, 0.29) is 18.4 Å². The number of hydrogen-bond acceptors (Lipinski definition) is 3. The van der Waals surface area contributed by atoms with E-state index in [0.717, 1.165) is 12.3 Å². The molecule has 5 nitrogen and oxygen atoms in total. The number of amides is 2. The summed E-state index contributed by atoms with van der Waals surface area (Å²) in [4.78, 5) is 25.5. The molecular formula is C16H22N2O3. The van der Waals surface area contributed by atoms with Crippen molar-refractivity contribution in [3.63, 3.8) is 0 Å². The number of nitrogens with one attached hydrogen (secondary N) is 1. The van der Waals surface area contributed by atoms with E-state index in [1.807, 2.05) is 6.92 Å². The topological polar surface area (TPSA) is 58.6 Å². The average Bonchev–Trinajstić information content (AvgIpc) is 3.29. The molecule has 1 fully saturated rings. The second kappa shape index (κ2) is 7.11. The summed E-state index contributed by atoms with van der Waals surface area (Å²) in [7, 11) is 1.78. The SMILES string of the molecule is CCOc1ccc(C(=O)NCC(=O)N(C)CC2CC2)cc1. The summed E-state index contributed by atoms with van der Waals surface area (Å²) < 4.78 is 5.32. The van der Waals surface area contributed by atoms with Crippen molar-refractivity contribution >= 4 is 11.8 Å². The summed E-state index contributed by atoms with van der Waals surface area (Å²) in [5.41, 5.74) is 0.524. The number of ether oxygens (including phenoxy) is 1. The highest BCUT2D eigenvalue weighted by Crippen LogP contribution is 2.29. The maximum absolute atomic E-state index is 12.0. The Hall–Kier alpha value is -2.04. The van der Waals surface area contributed by atoms with E-state index in [4.69, 9.17) is 4.74 Å². The van der Waals surface area contributed by atoms with Crippen LogP contribution < -0.4 is 10.1 Å². The number of nitrogens with zero attached hydrogens (tertiary/aromatic N) is 1. The largest absolute Gasteiger partial charge is 0.494 e. The molecule has 1 N–H and O–H groups in total.